The summed E-state index contributed by atoms with van der Waals surface area (Å²) in [7, 11) is -3.63. The molecule has 0 aliphatic heterocycles. The minimum Gasteiger partial charge on any atom is -0.813 e. The molecule has 0 rings (SSSR count). The Bertz CT molecular complexity index is 114. The van der Waals surface area contributed by atoms with Crippen LogP contribution in [-0.2, 0) is 4.57 Å². The Labute approximate surface area is 108 Å². The van der Waals surface area contributed by atoms with Gasteiger partial charge in [0.2, 0.25) is 0 Å². The molecular formula is C8H18NdO3P. The van der Waals surface area contributed by atoms with E-state index in [9.17, 15) is 0 Å². The summed E-state index contributed by atoms with van der Waals surface area (Å²) in [6.45, 7) is 4.60. The fourth-order valence-corrected chi connectivity index (χ4v) is 2.52. The summed E-state index contributed by atoms with van der Waals surface area (Å²) >= 11 is 1.40. The van der Waals surface area contributed by atoms with Crippen molar-refractivity contribution in [2.45, 2.75) is 41.6 Å². The Hall–Kier alpha value is 1.50. The molecule has 1 atom stereocenters. The summed E-state index contributed by atoms with van der Waals surface area (Å²) in [6.07, 6.45) is 5.71. The summed E-state index contributed by atoms with van der Waals surface area (Å²) in [5.41, 5.74) is 0. The normalized spacial score (nSPS) is 12.2. The van der Waals surface area contributed by atoms with E-state index in [1.54, 1.807) is 0 Å². The summed E-state index contributed by atoms with van der Waals surface area (Å²) in [5.74, 6) is 1.07. The van der Waals surface area contributed by atoms with E-state index in [0.717, 1.165) is 5.92 Å². The number of rotatable bonds is 5. The molecule has 0 saturated heterocycles. The minimum absolute atomic E-state index is 1.07. The van der Waals surface area contributed by atoms with Crippen LogP contribution >= 0.6 is 8.25 Å². The fourth-order valence-electron chi connectivity index (χ4n) is 0.943. The van der Waals surface area contributed by atoms with E-state index in [1.165, 1.54) is 66.5 Å². The van der Waals surface area contributed by atoms with Crippen molar-refractivity contribution in [3.05, 3.63) is 0 Å². The Kier molecular flexibility index (Phi) is 17.6. The van der Waals surface area contributed by atoms with Crippen LogP contribution < -0.4 is 9.79 Å². The zero-order chi connectivity index (χ0) is 10.7. The molecule has 0 aromatic rings. The second-order valence-electron chi connectivity index (χ2n) is 2.87. The number of unbranched alkanes of at least 4 members (excludes halogenated alkanes) is 1. The maximum absolute atomic E-state index is 8.52. The van der Waals surface area contributed by atoms with Gasteiger partial charge in [0.05, 0.1) is 0 Å². The van der Waals surface area contributed by atoms with Gasteiger partial charge in [-0.15, -0.1) is 0 Å². The van der Waals surface area contributed by atoms with Crippen LogP contribution in [0.5, 0.6) is 0 Å². The van der Waals surface area contributed by atoms with Crippen LogP contribution in [0, 0.1) is 44.7 Å². The molecule has 0 aliphatic rings. The molecule has 0 aliphatic carbocycles. The van der Waals surface area contributed by atoms with Gasteiger partial charge in [-0.3, -0.25) is 0 Å². The van der Waals surface area contributed by atoms with Crippen molar-refractivity contribution in [1.29, 1.82) is 0 Å². The molecule has 0 heterocycles. The van der Waals surface area contributed by atoms with Gasteiger partial charge in [0, 0.05) is 0 Å². The van der Waals surface area contributed by atoms with Crippen molar-refractivity contribution in [1.82, 2.24) is 0 Å². The van der Waals surface area contributed by atoms with Crippen LogP contribution in [0.2, 0.25) is 2.07 Å². The monoisotopic (exact) mass is 335 g/mol. The maximum atomic E-state index is 8.52. The Morgan fingerprint density at radius 2 is 1.85 bits per heavy atom. The van der Waals surface area contributed by atoms with Gasteiger partial charge in [-0.2, -0.15) is 0 Å². The largest absolute Gasteiger partial charge is 0.813 e. The zero-order valence-corrected chi connectivity index (χ0v) is 12.5. The van der Waals surface area contributed by atoms with E-state index in [0.29, 0.717) is 0 Å². The van der Waals surface area contributed by atoms with Crippen LogP contribution in [0.25, 0.3) is 0 Å². The van der Waals surface area contributed by atoms with Crippen LogP contribution in [0.4, 0.5) is 0 Å². The molecule has 0 aromatic carbocycles. The SMILES string of the molecule is CCCCC(CC)[CH2][Nd+2].O=[PH]([O-])[O-]. The van der Waals surface area contributed by atoms with E-state index < -0.39 is 8.25 Å². The summed E-state index contributed by atoms with van der Waals surface area (Å²) in [6, 6.07) is 0. The van der Waals surface area contributed by atoms with Crippen molar-refractivity contribution < 1.29 is 53.1 Å². The van der Waals surface area contributed by atoms with Gasteiger partial charge < -0.3 is 14.4 Å². The maximum Gasteiger partial charge on any atom is -0.0813 e. The molecule has 77 valence electrons. The van der Waals surface area contributed by atoms with Crippen molar-refractivity contribution in [2.24, 2.45) is 5.92 Å². The molecule has 0 aromatic heterocycles. The molecule has 3 nitrogen and oxygen atoms in total. The molecule has 13 heavy (non-hydrogen) atoms. The van der Waals surface area contributed by atoms with Gasteiger partial charge in [-0.25, -0.2) is 0 Å². The van der Waals surface area contributed by atoms with Crippen LogP contribution in [0.15, 0.2) is 0 Å². The van der Waals surface area contributed by atoms with Crippen LogP contribution in [-0.4, -0.2) is 0 Å². The molecule has 0 amide bonds. The van der Waals surface area contributed by atoms with Gasteiger partial charge in [0.15, 0.2) is 0 Å². The van der Waals surface area contributed by atoms with Crippen molar-refractivity contribution in [2.75, 3.05) is 0 Å². The van der Waals surface area contributed by atoms with Gasteiger partial charge in [0.1, 0.15) is 0 Å². The Balaban J connectivity index is 0. The van der Waals surface area contributed by atoms with E-state index in [-0.39, 0.29) is 0 Å². The van der Waals surface area contributed by atoms with E-state index in [1.807, 2.05) is 0 Å². The van der Waals surface area contributed by atoms with Crippen molar-refractivity contribution >= 4 is 8.25 Å². The molecule has 0 fully saturated rings. The van der Waals surface area contributed by atoms with E-state index in [2.05, 4.69) is 13.8 Å². The average molecular weight is 337 g/mol. The third-order valence-corrected chi connectivity index (χ3v) is 3.68. The van der Waals surface area contributed by atoms with Crippen molar-refractivity contribution in [3.8, 4) is 0 Å². The van der Waals surface area contributed by atoms with Crippen LogP contribution in [0.3, 0.4) is 0 Å². The summed E-state index contributed by atoms with van der Waals surface area (Å²) in [5, 5.41) is 0. The fraction of sp³-hybridized carbons (Fsp3) is 1.00. The summed E-state index contributed by atoms with van der Waals surface area (Å²) in [4.78, 5) is 17.0. The Morgan fingerprint density at radius 3 is 2.08 bits per heavy atom. The van der Waals surface area contributed by atoms with Crippen molar-refractivity contribution in [3.63, 3.8) is 0 Å². The molecular weight excluding hydrogens is 319 g/mol. The first-order valence-electron chi connectivity index (χ1n) is 4.60. The van der Waals surface area contributed by atoms with E-state index in [4.69, 9.17) is 14.4 Å². The molecule has 1 unspecified atom stereocenters. The zero-order valence-electron chi connectivity index (χ0n) is 8.34. The van der Waals surface area contributed by atoms with Gasteiger partial charge in [-0.1, -0.05) is 8.25 Å². The molecule has 5 heteroatoms. The first-order valence-corrected chi connectivity index (χ1v) is 8.10. The summed E-state index contributed by atoms with van der Waals surface area (Å²) < 4.78 is 10.0. The van der Waals surface area contributed by atoms with Gasteiger partial charge >= 0.3 is 86.3 Å². The molecule has 0 bridgehead atoms. The van der Waals surface area contributed by atoms with E-state index >= 15 is 0 Å². The first kappa shape index (κ1) is 16.9. The molecule has 0 saturated carbocycles. The topological polar surface area (TPSA) is 63.2 Å². The third kappa shape index (κ3) is 19.8. The second-order valence-corrected chi connectivity index (χ2v) is 4.68. The minimum atomic E-state index is -3.63. The standard InChI is InChI=1S/C8H17.Nd.H3O3P/c1-4-6-7-8(3)5-2;;1-4(2)3/h8H,3-7H2,1-2H3;;4H,(H2,1,2,3)/q;+2;/p-2. The first-order chi connectivity index (χ1) is 6.08. The van der Waals surface area contributed by atoms with Gasteiger partial charge in [0.25, 0.3) is 0 Å². The second kappa shape index (κ2) is 13.5. The smallest absolute Gasteiger partial charge is 0.0813 e. The predicted molar refractivity (Wildman–Crippen MR) is 47.1 cm³/mol. The number of hydrogen-bond acceptors (Lipinski definition) is 3. The van der Waals surface area contributed by atoms with Gasteiger partial charge in [-0.05, 0) is 0 Å². The van der Waals surface area contributed by atoms with Crippen LogP contribution in [0.1, 0.15) is 39.5 Å². The Morgan fingerprint density at radius 1 is 1.38 bits per heavy atom. The third-order valence-electron chi connectivity index (χ3n) is 1.83. The predicted octanol–water partition coefficient (Wildman–Crippen LogP) is 1.27. The number of hydrogen-bond donors (Lipinski definition) is 0. The average Bonchev–Trinajstić information content (AvgIpc) is 2.06. The molecule has 0 radical (unpaired) electrons. The quantitative estimate of drug-likeness (QED) is 0.710. The molecule has 0 spiro atoms. The molecule has 0 N–H and O–H groups in total.